The average Bonchev–Trinajstić information content (AvgIpc) is 2.54. The Labute approximate surface area is 132 Å². The van der Waals surface area contributed by atoms with E-state index in [0.717, 1.165) is 26.0 Å². The van der Waals surface area contributed by atoms with Crippen LogP contribution in [0.1, 0.15) is 5.56 Å². The Morgan fingerprint density at radius 1 is 1.19 bits per heavy atom. The monoisotopic (exact) mass is 320 g/mol. The van der Waals surface area contributed by atoms with E-state index >= 15 is 0 Å². The van der Waals surface area contributed by atoms with Crippen LogP contribution >= 0.6 is 23.5 Å². The number of benzene rings is 2. The maximum absolute atomic E-state index is 9.01. The molecule has 0 fully saturated rings. The predicted molar refractivity (Wildman–Crippen MR) is 87.9 cm³/mol. The fourth-order valence-electron chi connectivity index (χ4n) is 1.86. The van der Waals surface area contributed by atoms with Gasteiger partial charge in [0.2, 0.25) is 0 Å². The van der Waals surface area contributed by atoms with Gasteiger partial charge in [-0.25, -0.2) is 0 Å². The van der Waals surface area contributed by atoms with Crippen molar-refractivity contribution >= 4 is 29.4 Å². The summed E-state index contributed by atoms with van der Waals surface area (Å²) in [5.74, 6) is 0.914. The van der Waals surface area contributed by atoms with Crippen LogP contribution in [0.2, 0.25) is 0 Å². The molecule has 2 rings (SSSR count). The number of amidine groups is 1. The van der Waals surface area contributed by atoms with E-state index in [4.69, 9.17) is 15.7 Å². The van der Waals surface area contributed by atoms with Crippen LogP contribution in [0.15, 0.2) is 62.3 Å². The zero-order valence-electron chi connectivity index (χ0n) is 11.7. The van der Waals surface area contributed by atoms with Crippen molar-refractivity contribution in [3.8, 4) is 5.75 Å². The van der Waals surface area contributed by atoms with E-state index in [1.54, 1.807) is 30.6 Å². The summed E-state index contributed by atoms with van der Waals surface area (Å²) in [6, 6.07) is 13.6. The first-order valence-electron chi connectivity index (χ1n) is 6.16. The number of hydrogen-bond donors (Lipinski definition) is 2. The van der Waals surface area contributed by atoms with Gasteiger partial charge in [0.15, 0.2) is 5.84 Å². The van der Waals surface area contributed by atoms with Crippen LogP contribution in [0.5, 0.6) is 5.75 Å². The van der Waals surface area contributed by atoms with Gasteiger partial charge in [0.05, 0.1) is 7.11 Å². The average molecular weight is 320 g/mol. The van der Waals surface area contributed by atoms with Crippen LogP contribution in [0.3, 0.4) is 0 Å². The van der Waals surface area contributed by atoms with Crippen molar-refractivity contribution in [3.05, 3.63) is 48.0 Å². The van der Waals surface area contributed by atoms with E-state index in [2.05, 4.69) is 5.16 Å². The molecule has 110 valence electrons. The number of hydrogen-bond acceptors (Lipinski definition) is 5. The van der Waals surface area contributed by atoms with Crippen molar-refractivity contribution in [3.63, 3.8) is 0 Å². The molecule has 0 aliphatic heterocycles. The van der Waals surface area contributed by atoms with E-state index in [9.17, 15) is 0 Å². The highest BCUT2D eigenvalue weighted by molar-refractivity contribution is 8.00. The van der Waals surface area contributed by atoms with Crippen LogP contribution in [0, 0.1) is 0 Å². The smallest absolute Gasteiger partial charge is 0.172 e. The summed E-state index contributed by atoms with van der Waals surface area (Å²) in [4.78, 5) is 2.93. The van der Waals surface area contributed by atoms with Gasteiger partial charge in [-0.1, -0.05) is 29.1 Å². The first-order chi connectivity index (χ1) is 10.2. The Bertz CT molecular complexity index is 660. The molecule has 0 saturated carbocycles. The molecule has 2 aromatic carbocycles. The molecule has 3 N–H and O–H groups in total. The van der Waals surface area contributed by atoms with Gasteiger partial charge < -0.3 is 15.7 Å². The molecule has 2 aromatic rings. The Morgan fingerprint density at radius 3 is 2.57 bits per heavy atom. The third kappa shape index (κ3) is 3.65. The van der Waals surface area contributed by atoms with E-state index in [1.165, 1.54) is 0 Å². The fourth-order valence-corrected chi connectivity index (χ4v) is 3.60. The summed E-state index contributed by atoms with van der Waals surface area (Å²) in [5.41, 5.74) is 6.58. The molecule has 21 heavy (non-hydrogen) atoms. The van der Waals surface area contributed by atoms with Gasteiger partial charge in [0, 0.05) is 20.2 Å². The number of nitrogens with zero attached hydrogens (tertiary/aromatic N) is 1. The number of oxime groups is 1. The molecular weight excluding hydrogens is 304 g/mol. The van der Waals surface area contributed by atoms with E-state index in [1.807, 2.05) is 48.7 Å². The Hall–Kier alpha value is -1.79. The molecule has 0 heterocycles. The first kappa shape index (κ1) is 15.6. The standard InChI is InChI=1S/C15H16N2O2S2/c1-19-10-5-3-6-11(9-10)21-13-8-4-7-12(20-2)14(13)15(16)17-18/h3-9,18H,1-2H3,(H2,16,17). The highest BCUT2D eigenvalue weighted by Gasteiger charge is 2.13. The second-order valence-corrected chi connectivity index (χ2v) is 6.06. The minimum Gasteiger partial charge on any atom is -0.497 e. The van der Waals surface area contributed by atoms with Crippen molar-refractivity contribution in [1.29, 1.82) is 0 Å². The molecule has 4 nitrogen and oxygen atoms in total. The van der Waals surface area contributed by atoms with E-state index in [0.29, 0.717) is 0 Å². The lowest BCUT2D eigenvalue weighted by atomic mass is 10.2. The van der Waals surface area contributed by atoms with Crippen molar-refractivity contribution in [2.24, 2.45) is 10.9 Å². The quantitative estimate of drug-likeness (QED) is 0.289. The minimum absolute atomic E-state index is 0.116. The molecule has 6 heteroatoms. The van der Waals surface area contributed by atoms with Crippen LogP contribution in [0.4, 0.5) is 0 Å². The van der Waals surface area contributed by atoms with Crippen LogP contribution < -0.4 is 10.5 Å². The fraction of sp³-hybridized carbons (Fsp3) is 0.133. The van der Waals surface area contributed by atoms with Crippen molar-refractivity contribution < 1.29 is 9.94 Å². The van der Waals surface area contributed by atoms with Gasteiger partial charge in [-0.2, -0.15) is 0 Å². The summed E-state index contributed by atoms with van der Waals surface area (Å²) in [6.07, 6.45) is 1.96. The molecule has 0 unspecified atom stereocenters. The molecule has 0 radical (unpaired) electrons. The zero-order valence-corrected chi connectivity index (χ0v) is 13.4. The lowest BCUT2D eigenvalue weighted by Crippen LogP contribution is -2.15. The molecule has 0 spiro atoms. The highest BCUT2D eigenvalue weighted by Crippen LogP contribution is 2.35. The molecule has 0 amide bonds. The summed E-state index contributed by atoms with van der Waals surface area (Å²) in [7, 11) is 1.64. The number of rotatable bonds is 5. The number of nitrogens with two attached hydrogens (primary N) is 1. The largest absolute Gasteiger partial charge is 0.497 e. The Kier molecular flexibility index (Phi) is 5.41. The van der Waals surface area contributed by atoms with Gasteiger partial charge in [0.25, 0.3) is 0 Å². The molecule has 0 aliphatic rings. The lowest BCUT2D eigenvalue weighted by molar-refractivity contribution is 0.318. The maximum Gasteiger partial charge on any atom is 0.172 e. The third-order valence-electron chi connectivity index (χ3n) is 2.84. The van der Waals surface area contributed by atoms with E-state index < -0.39 is 0 Å². The summed E-state index contributed by atoms with van der Waals surface area (Å²) >= 11 is 3.11. The van der Waals surface area contributed by atoms with Gasteiger partial charge in [0.1, 0.15) is 5.75 Å². The predicted octanol–water partition coefficient (Wildman–Crippen LogP) is 3.66. The second-order valence-electron chi connectivity index (χ2n) is 4.10. The van der Waals surface area contributed by atoms with Crippen LogP contribution in [-0.4, -0.2) is 24.4 Å². The molecule has 0 bridgehead atoms. The summed E-state index contributed by atoms with van der Waals surface area (Å²) in [5, 5.41) is 12.2. The highest BCUT2D eigenvalue weighted by atomic mass is 32.2. The normalized spacial score (nSPS) is 11.4. The minimum atomic E-state index is 0.116. The van der Waals surface area contributed by atoms with Gasteiger partial charge in [-0.15, -0.1) is 11.8 Å². The molecule has 0 aliphatic carbocycles. The van der Waals surface area contributed by atoms with Crippen molar-refractivity contribution in [1.82, 2.24) is 0 Å². The topological polar surface area (TPSA) is 67.8 Å². The molecule has 0 aromatic heterocycles. The first-order valence-corrected chi connectivity index (χ1v) is 8.20. The van der Waals surface area contributed by atoms with Gasteiger partial charge in [-0.05, 0) is 36.6 Å². The van der Waals surface area contributed by atoms with Crippen LogP contribution in [-0.2, 0) is 0 Å². The van der Waals surface area contributed by atoms with Gasteiger partial charge in [-0.3, -0.25) is 0 Å². The number of ether oxygens (including phenoxy) is 1. The summed E-state index contributed by atoms with van der Waals surface area (Å²) in [6.45, 7) is 0. The van der Waals surface area contributed by atoms with Crippen molar-refractivity contribution in [2.45, 2.75) is 14.7 Å². The summed E-state index contributed by atoms with van der Waals surface area (Å²) < 4.78 is 5.23. The zero-order chi connectivity index (χ0) is 15.2. The number of methoxy groups -OCH3 is 1. The molecule has 0 atom stereocenters. The molecule has 0 saturated heterocycles. The molecular formula is C15H16N2O2S2. The Morgan fingerprint density at radius 2 is 1.90 bits per heavy atom. The lowest BCUT2D eigenvalue weighted by Gasteiger charge is -2.12. The SMILES string of the molecule is COc1cccc(Sc2cccc(SC)c2/C(N)=N/O)c1. The maximum atomic E-state index is 9.01. The van der Waals surface area contributed by atoms with Crippen molar-refractivity contribution in [2.75, 3.05) is 13.4 Å². The van der Waals surface area contributed by atoms with Gasteiger partial charge >= 0.3 is 0 Å². The number of thioether (sulfide) groups is 1. The second kappa shape index (κ2) is 7.28. The third-order valence-corrected chi connectivity index (χ3v) is 4.67. The van der Waals surface area contributed by atoms with Crippen LogP contribution in [0.25, 0.3) is 0 Å². The van der Waals surface area contributed by atoms with E-state index in [-0.39, 0.29) is 5.84 Å². The Balaban J connectivity index is 2.43.